The molecule has 1 aliphatic heterocycles. The maximum Gasteiger partial charge on any atom is 0.416 e. The molecule has 1 heterocycles. The highest BCUT2D eigenvalue weighted by molar-refractivity contribution is 9.10. The van der Waals surface area contributed by atoms with Crippen molar-refractivity contribution in [2.24, 2.45) is 0 Å². The number of hydrogen-bond acceptors (Lipinski definition) is 3. The van der Waals surface area contributed by atoms with Gasteiger partial charge in [0.05, 0.1) is 11.3 Å². The van der Waals surface area contributed by atoms with E-state index in [0.29, 0.717) is 16.9 Å². The highest BCUT2D eigenvalue weighted by Crippen LogP contribution is 2.43. The van der Waals surface area contributed by atoms with Gasteiger partial charge in [0.2, 0.25) is 5.91 Å². The molecule has 0 radical (unpaired) electrons. The Bertz CT molecular complexity index is 1150. The fourth-order valence-corrected chi connectivity index (χ4v) is 4.77. The maximum absolute atomic E-state index is 12.9. The van der Waals surface area contributed by atoms with E-state index in [1.54, 1.807) is 42.5 Å². The second kappa shape index (κ2) is 8.99. The third-order valence-electron chi connectivity index (χ3n) is 4.88. The summed E-state index contributed by atoms with van der Waals surface area (Å²) in [6.45, 7) is 0. The standard InChI is InChI=1S/C23H16BrF3N2O2S/c24-17-8-4-14(5-9-17)21(31)28-18-3-1-2-15(12-18)22-29(20(30)13-32-22)19-10-6-16(7-11-19)23(25,26)27/h1-12,22H,13H2,(H,28,31). The van der Waals surface area contributed by atoms with E-state index in [9.17, 15) is 22.8 Å². The molecule has 0 saturated carbocycles. The Hall–Kier alpha value is -2.78. The van der Waals surface area contributed by atoms with Crippen LogP contribution in [0.5, 0.6) is 0 Å². The van der Waals surface area contributed by atoms with Gasteiger partial charge >= 0.3 is 6.18 Å². The summed E-state index contributed by atoms with van der Waals surface area (Å²) in [7, 11) is 0. The lowest BCUT2D eigenvalue weighted by atomic mass is 10.1. The molecule has 1 unspecified atom stereocenters. The topological polar surface area (TPSA) is 49.4 Å². The van der Waals surface area contributed by atoms with Gasteiger partial charge in [-0.1, -0.05) is 28.1 Å². The molecule has 9 heteroatoms. The number of amides is 2. The van der Waals surface area contributed by atoms with Crippen LogP contribution in [0.1, 0.15) is 26.9 Å². The molecule has 0 aromatic heterocycles. The molecule has 0 spiro atoms. The SMILES string of the molecule is O=C(Nc1cccc(C2SCC(=O)N2c2ccc(C(F)(F)F)cc2)c1)c1ccc(Br)cc1. The second-order valence-corrected chi connectivity index (χ2v) is 9.04. The number of benzene rings is 3. The summed E-state index contributed by atoms with van der Waals surface area (Å²) in [5.74, 6) is -0.255. The first-order valence-corrected chi connectivity index (χ1v) is 11.3. The highest BCUT2D eigenvalue weighted by Gasteiger charge is 2.35. The largest absolute Gasteiger partial charge is 0.416 e. The molecule has 0 aliphatic carbocycles. The molecule has 2 amide bonds. The lowest BCUT2D eigenvalue weighted by Gasteiger charge is -2.25. The van der Waals surface area contributed by atoms with Crippen LogP contribution in [-0.4, -0.2) is 17.6 Å². The normalized spacial score (nSPS) is 16.3. The van der Waals surface area contributed by atoms with E-state index >= 15 is 0 Å². The maximum atomic E-state index is 12.9. The van der Waals surface area contributed by atoms with Crippen molar-refractivity contribution in [2.45, 2.75) is 11.6 Å². The summed E-state index contributed by atoms with van der Waals surface area (Å²) in [5.41, 5.74) is 1.43. The molecule has 1 saturated heterocycles. The highest BCUT2D eigenvalue weighted by atomic mass is 79.9. The summed E-state index contributed by atoms with van der Waals surface area (Å²) in [4.78, 5) is 26.5. The van der Waals surface area contributed by atoms with Crippen molar-refractivity contribution in [2.75, 3.05) is 16.0 Å². The number of rotatable bonds is 4. The molecule has 1 fully saturated rings. The number of carbonyl (C=O) groups excluding carboxylic acids is 2. The average Bonchev–Trinajstić information content (AvgIpc) is 3.15. The van der Waals surface area contributed by atoms with Crippen LogP contribution in [0, 0.1) is 0 Å². The number of thioether (sulfide) groups is 1. The number of nitrogens with zero attached hydrogens (tertiary/aromatic N) is 1. The Morgan fingerprint density at radius 3 is 2.38 bits per heavy atom. The lowest BCUT2D eigenvalue weighted by molar-refractivity contribution is -0.137. The molecule has 1 atom stereocenters. The van der Waals surface area contributed by atoms with Crippen molar-refractivity contribution in [3.63, 3.8) is 0 Å². The first-order valence-electron chi connectivity index (χ1n) is 9.50. The van der Waals surface area contributed by atoms with Crippen molar-refractivity contribution < 1.29 is 22.8 Å². The van der Waals surface area contributed by atoms with Gasteiger partial charge in [0.25, 0.3) is 5.91 Å². The van der Waals surface area contributed by atoms with Crippen molar-refractivity contribution in [1.82, 2.24) is 0 Å². The summed E-state index contributed by atoms with van der Waals surface area (Å²) in [6, 6.07) is 18.6. The van der Waals surface area contributed by atoms with Crippen molar-refractivity contribution >= 4 is 50.9 Å². The monoisotopic (exact) mass is 520 g/mol. The fraction of sp³-hybridized carbons (Fsp3) is 0.130. The zero-order valence-electron chi connectivity index (χ0n) is 16.4. The summed E-state index contributed by atoms with van der Waals surface area (Å²) >= 11 is 4.71. The zero-order chi connectivity index (χ0) is 22.9. The minimum atomic E-state index is -4.44. The molecule has 4 rings (SSSR count). The molecule has 1 N–H and O–H groups in total. The summed E-state index contributed by atoms with van der Waals surface area (Å²) in [5, 5.41) is 2.43. The molecule has 164 valence electrons. The van der Waals surface area contributed by atoms with Crippen LogP contribution in [0.2, 0.25) is 0 Å². The van der Waals surface area contributed by atoms with Crippen LogP contribution in [0.25, 0.3) is 0 Å². The van der Waals surface area contributed by atoms with Crippen molar-refractivity contribution in [1.29, 1.82) is 0 Å². The van der Waals surface area contributed by atoms with Crippen molar-refractivity contribution in [3.05, 3.63) is 94.0 Å². The van der Waals surface area contributed by atoms with E-state index in [4.69, 9.17) is 0 Å². The number of carbonyl (C=O) groups is 2. The molecular formula is C23H16BrF3N2O2S. The molecule has 1 aliphatic rings. The predicted molar refractivity (Wildman–Crippen MR) is 123 cm³/mol. The number of nitrogens with one attached hydrogen (secondary N) is 1. The third kappa shape index (κ3) is 4.83. The molecule has 3 aromatic carbocycles. The Balaban J connectivity index is 1.56. The van der Waals surface area contributed by atoms with Gasteiger partial charge in [-0.05, 0) is 66.2 Å². The van der Waals surface area contributed by atoms with Gasteiger partial charge in [-0.15, -0.1) is 11.8 Å². The smallest absolute Gasteiger partial charge is 0.322 e. The number of alkyl halides is 3. The van der Waals surface area contributed by atoms with Gasteiger partial charge in [-0.25, -0.2) is 0 Å². The van der Waals surface area contributed by atoms with Gasteiger partial charge in [-0.2, -0.15) is 13.2 Å². The van der Waals surface area contributed by atoms with Crippen LogP contribution in [0.15, 0.2) is 77.3 Å². The predicted octanol–water partition coefficient (Wildman–Crippen LogP) is 6.50. The summed E-state index contributed by atoms with van der Waals surface area (Å²) < 4.78 is 39.5. The number of anilines is 2. The number of hydrogen-bond donors (Lipinski definition) is 1. The van der Waals surface area contributed by atoms with Crippen molar-refractivity contribution in [3.8, 4) is 0 Å². The Morgan fingerprint density at radius 1 is 1.03 bits per heavy atom. The van der Waals surface area contributed by atoms with E-state index < -0.39 is 17.1 Å². The van der Waals surface area contributed by atoms with Gasteiger partial charge in [-0.3, -0.25) is 14.5 Å². The Morgan fingerprint density at radius 2 is 1.72 bits per heavy atom. The molecule has 3 aromatic rings. The van der Waals surface area contributed by atoms with E-state index in [0.717, 1.165) is 22.2 Å². The van der Waals surface area contributed by atoms with Crippen LogP contribution in [0.4, 0.5) is 24.5 Å². The quantitative estimate of drug-likeness (QED) is 0.427. The van der Waals surface area contributed by atoms with Gasteiger partial charge in [0, 0.05) is 21.4 Å². The average molecular weight is 521 g/mol. The van der Waals surface area contributed by atoms with Crippen LogP contribution >= 0.6 is 27.7 Å². The second-order valence-electron chi connectivity index (χ2n) is 7.06. The van der Waals surface area contributed by atoms with E-state index in [1.165, 1.54) is 28.8 Å². The first kappa shape index (κ1) is 22.4. The van der Waals surface area contributed by atoms with Gasteiger partial charge in [0.1, 0.15) is 5.37 Å². The van der Waals surface area contributed by atoms with E-state index in [-0.39, 0.29) is 17.6 Å². The lowest BCUT2D eigenvalue weighted by Crippen LogP contribution is -2.28. The molecule has 4 nitrogen and oxygen atoms in total. The van der Waals surface area contributed by atoms with Gasteiger partial charge in [0.15, 0.2) is 0 Å². The third-order valence-corrected chi connectivity index (χ3v) is 6.62. The molecule has 32 heavy (non-hydrogen) atoms. The van der Waals surface area contributed by atoms with Crippen LogP contribution < -0.4 is 10.2 Å². The van der Waals surface area contributed by atoms with E-state index in [1.807, 2.05) is 6.07 Å². The number of halogens is 4. The zero-order valence-corrected chi connectivity index (χ0v) is 18.8. The minimum Gasteiger partial charge on any atom is -0.322 e. The summed E-state index contributed by atoms with van der Waals surface area (Å²) in [6.07, 6.45) is -4.44. The molecule has 0 bridgehead atoms. The minimum absolute atomic E-state index is 0.191. The van der Waals surface area contributed by atoms with Gasteiger partial charge < -0.3 is 5.32 Å². The fourth-order valence-electron chi connectivity index (χ4n) is 3.34. The van der Waals surface area contributed by atoms with Crippen LogP contribution in [0.3, 0.4) is 0 Å². The first-order chi connectivity index (χ1) is 15.2. The Kier molecular flexibility index (Phi) is 6.30. The molecular weight excluding hydrogens is 505 g/mol. The Labute approximate surface area is 194 Å². The van der Waals surface area contributed by atoms with E-state index in [2.05, 4.69) is 21.2 Å². The van der Waals surface area contributed by atoms with Crippen LogP contribution in [-0.2, 0) is 11.0 Å².